The molecule has 3 aromatic carbocycles. The third kappa shape index (κ3) is 7.21. The third-order valence-corrected chi connectivity index (χ3v) is 8.08. The number of aromatic nitrogens is 1. The van der Waals surface area contributed by atoms with Crippen molar-refractivity contribution in [3.63, 3.8) is 0 Å². The summed E-state index contributed by atoms with van der Waals surface area (Å²) in [6.45, 7) is 1.07. The van der Waals surface area contributed by atoms with Gasteiger partial charge in [-0.1, -0.05) is 24.3 Å². The van der Waals surface area contributed by atoms with Crippen LogP contribution in [0.25, 0.3) is 22.6 Å². The molecule has 0 aliphatic carbocycles. The molecule has 4 aromatic rings. The van der Waals surface area contributed by atoms with Crippen molar-refractivity contribution in [3.05, 3.63) is 107 Å². The molecule has 1 N–H and O–H groups in total. The van der Waals surface area contributed by atoms with E-state index in [9.17, 15) is 4.79 Å². The van der Waals surface area contributed by atoms with Gasteiger partial charge in [-0.25, -0.2) is 4.98 Å². The van der Waals surface area contributed by atoms with Crippen LogP contribution in [0.1, 0.15) is 16.8 Å². The Morgan fingerprint density at radius 2 is 1.71 bits per heavy atom. The number of hydrogen-bond acceptors (Lipinski definition) is 3. The normalized spacial score (nSPS) is 11.6. The van der Waals surface area contributed by atoms with Gasteiger partial charge in [0.25, 0.3) is 0 Å². The van der Waals surface area contributed by atoms with Crippen molar-refractivity contribution in [2.45, 2.75) is 23.2 Å². The maximum absolute atomic E-state index is 13.1. The van der Waals surface area contributed by atoms with E-state index in [2.05, 4.69) is 27.8 Å². The predicted octanol–water partition coefficient (Wildman–Crippen LogP) is 6.88. The molecule has 0 fully saturated rings. The molecule has 0 aliphatic rings. The number of fused-ring (bicyclic) bond motifs is 1. The average Bonchev–Trinajstić information content (AvgIpc) is 2.87. The second-order valence-corrected chi connectivity index (χ2v) is 14.4. The molecule has 4 rings (SSSR count). The SMILES string of the molecule is C[As](C)CCNC(=O)/C(=C/c1ccc(Cl)cc1)c1ccc(OCc2ccc3ccccc3n2)cc1. The van der Waals surface area contributed by atoms with E-state index >= 15 is 0 Å². The van der Waals surface area contributed by atoms with Gasteiger partial charge in [0.05, 0.1) is 5.52 Å². The van der Waals surface area contributed by atoms with Gasteiger partial charge in [-0.05, 0) is 12.1 Å². The van der Waals surface area contributed by atoms with Crippen molar-refractivity contribution < 1.29 is 9.53 Å². The molecule has 0 radical (unpaired) electrons. The maximum atomic E-state index is 13.1. The Labute approximate surface area is 216 Å². The van der Waals surface area contributed by atoms with Gasteiger partial charge in [0.15, 0.2) is 0 Å². The number of amides is 1. The van der Waals surface area contributed by atoms with E-state index in [0.717, 1.165) is 38.7 Å². The van der Waals surface area contributed by atoms with Crippen LogP contribution in [0.15, 0.2) is 84.9 Å². The summed E-state index contributed by atoms with van der Waals surface area (Å²) in [6, 6.07) is 27.1. The predicted molar refractivity (Wildman–Crippen MR) is 147 cm³/mol. The van der Waals surface area contributed by atoms with Crippen LogP contribution in [-0.2, 0) is 11.4 Å². The average molecular weight is 547 g/mol. The Bertz CT molecular complexity index is 1320. The molecule has 1 aromatic heterocycles. The molecule has 35 heavy (non-hydrogen) atoms. The van der Waals surface area contributed by atoms with Crippen LogP contribution >= 0.6 is 11.6 Å². The summed E-state index contributed by atoms with van der Waals surface area (Å²) in [5.74, 6) is 0.644. The van der Waals surface area contributed by atoms with Gasteiger partial charge in [0, 0.05) is 5.39 Å². The summed E-state index contributed by atoms with van der Waals surface area (Å²) >= 11 is 5.23. The summed E-state index contributed by atoms with van der Waals surface area (Å²) in [7, 11) is 0. The van der Waals surface area contributed by atoms with Crippen molar-refractivity contribution in [1.29, 1.82) is 0 Å². The summed E-state index contributed by atoms with van der Waals surface area (Å²) in [5, 5.41) is 5.93. The molecule has 4 nitrogen and oxygen atoms in total. The number of hydrogen-bond donors (Lipinski definition) is 1. The second kappa shape index (κ2) is 12.1. The number of benzene rings is 3. The number of para-hydroxylation sites is 1. The number of nitrogens with zero attached hydrogens (tertiary/aromatic N) is 1. The molecular formula is C29H28AsClN2O2. The summed E-state index contributed by atoms with van der Waals surface area (Å²) in [6.07, 6.45) is 1.90. The molecule has 0 atom stereocenters. The molecule has 178 valence electrons. The minimum atomic E-state index is -0.797. The third-order valence-electron chi connectivity index (χ3n) is 5.48. The summed E-state index contributed by atoms with van der Waals surface area (Å²) in [5.41, 5.74) is 8.75. The van der Waals surface area contributed by atoms with Crippen molar-refractivity contribution in [3.8, 4) is 5.75 Å². The van der Waals surface area contributed by atoms with Crippen LogP contribution in [0.3, 0.4) is 0 Å². The number of pyridine rings is 1. The zero-order valence-corrected chi connectivity index (χ0v) is 22.5. The first kappa shape index (κ1) is 25.0. The van der Waals surface area contributed by atoms with Gasteiger partial charge in [-0.3, -0.25) is 0 Å². The van der Waals surface area contributed by atoms with E-state index in [4.69, 9.17) is 16.3 Å². The fourth-order valence-corrected chi connectivity index (χ4v) is 4.87. The van der Waals surface area contributed by atoms with E-state index in [1.807, 2.05) is 84.9 Å². The van der Waals surface area contributed by atoms with Gasteiger partial charge in [-0.15, -0.1) is 0 Å². The number of halogens is 1. The van der Waals surface area contributed by atoms with Crippen LogP contribution < -0.4 is 10.1 Å². The quantitative estimate of drug-likeness (QED) is 0.141. The molecule has 0 saturated carbocycles. The molecular weight excluding hydrogens is 519 g/mol. The van der Waals surface area contributed by atoms with Crippen LogP contribution in [0.2, 0.25) is 21.7 Å². The van der Waals surface area contributed by atoms with Crippen molar-refractivity contribution in [2.24, 2.45) is 0 Å². The number of nitrogens with one attached hydrogen (secondary N) is 1. The number of carbonyl (C=O) groups is 1. The van der Waals surface area contributed by atoms with E-state index < -0.39 is 14.7 Å². The van der Waals surface area contributed by atoms with Crippen molar-refractivity contribution >= 4 is 54.7 Å². The first-order valence-electron chi connectivity index (χ1n) is 11.5. The molecule has 0 spiro atoms. The zero-order valence-electron chi connectivity index (χ0n) is 19.9. The number of ether oxygens (including phenoxy) is 1. The van der Waals surface area contributed by atoms with E-state index in [-0.39, 0.29) is 5.91 Å². The van der Waals surface area contributed by atoms with Gasteiger partial charge < -0.3 is 0 Å². The Kier molecular flexibility index (Phi) is 8.63. The molecule has 0 bridgehead atoms. The van der Waals surface area contributed by atoms with Crippen molar-refractivity contribution in [1.82, 2.24) is 10.3 Å². The Morgan fingerprint density at radius 1 is 0.971 bits per heavy atom. The van der Waals surface area contributed by atoms with Gasteiger partial charge in [0.2, 0.25) is 0 Å². The van der Waals surface area contributed by atoms with Crippen LogP contribution in [0, 0.1) is 0 Å². The summed E-state index contributed by atoms with van der Waals surface area (Å²) in [4.78, 5) is 17.7. The first-order chi connectivity index (χ1) is 17.0. The van der Waals surface area contributed by atoms with E-state index in [0.29, 0.717) is 23.7 Å². The standard InChI is InChI=1S/C29H28AsClN2O2/c1-30(2)17-18-32-29(34)27(19-21-7-12-24(31)13-8-21)22-10-15-26(16-11-22)35-20-25-14-9-23-5-3-4-6-28(23)33-25/h3-16,19H,17-18,20H2,1-2H3,(H,32,34)/b27-19+. The molecule has 0 unspecified atom stereocenters. The van der Waals surface area contributed by atoms with Gasteiger partial charge >= 0.3 is 165 Å². The number of carbonyl (C=O) groups excluding carboxylic acids is 1. The van der Waals surface area contributed by atoms with E-state index in [1.165, 1.54) is 0 Å². The topological polar surface area (TPSA) is 51.2 Å². The van der Waals surface area contributed by atoms with Gasteiger partial charge in [0.1, 0.15) is 0 Å². The van der Waals surface area contributed by atoms with Crippen LogP contribution in [0.4, 0.5) is 0 Å². The molecule has 1 amide bonds. The monoisotopic (exact) mass is 546 g/mol. The molecule has 0 saturated heterocycles. The zero-order chi connectivity index (χ0) is 24.6. The Balaban J connectivity index is 1.49. The fourth-order valence-electron chi connectivity index (χ4n) is 3.57. The Morgan fingerprint density at radius 3 is 2.46 bits per heavy atom. The second-order valence-electron chi connectivity index (χ2n) is 8.48. The minimum absolute atomic E-state index is 0.0789. The first-order valence-corrected chi connectivity index (χ1v) is 16.9. The van der Waals surface area contributed by atoms with E-state index in [1.54, 1.807) is 0 Å². The molecule has 6 heteroatoms. The Hall–Kier alpha value is -3.07. The summed E-state index contributed by atoms with van der Waals surface area (Å²) < 4.78 is 5.97. The van der Waals surface area contributed by atoms with Gasteiger partial charge in [-0.2, -0.15) is 0 Å². The molecule has 0 aliphatic heterocycles. The number of rotatable bonds is 9. The van der Waals surface area contributed by atoms with Crippen molar-refractivity contribution in [2.75, 3.05) is 6.54 Å². The van der Waals surface area contributed by atoms with Crippen LogP contribution in [0.5, 0.6) is 5.75 Å². The fraction of sp³-hybridized carbons (Fsp3) is 0.172. The molecule has 1 heterocycles. The van der Waals surface area contributed by atoms with Crippen LogP contribution in [-0.4, -0.2) is 32.1 Å².